The molecule has 2 saturated heterocycles. The Kier molecular flexibility index (Phi) is 5.01. The summed E-state index contributed by atoms with van der Waals surface area (Å²) in [4.78, 5) is 17.7. The molecule has 1 amide bonds. The molecule has 9 heteroatoms. The predicted molar refractivity (Wildman–Crippen MR) is 95.0 cm³/mol. The fraction of sp³-hybridized carbons (Fsp3) is 0.438. The molecule has 1 aromatic rings. The number of nitriles is 1. The first-order chi connectivity index (χ1) is 11.9. The maximum atomic E-state index is 12.0. The molecule has 132 valence electrons. The van der Waals surface area contributed by atoms with Crippen LogP contribution in [0.4, 0.5) is 0 Å². The average Bonchev–Trinajstić information content (AvgIpc) is 3.01. The molecule has 2 aliphatic heterocycles. The third kappa shape index (κ3) is 3.96. The largest absolute Gasteiger partial charge is 0.497 e. The Labute approximate surface area is 150 Å². The summed E-state index contributed by atoms with van der Waals surface area (Å²) in [6.07, 6.45) is -0.287. The summed E-state index contributed by atoms with van der Waals surface area (Å²) in [5.41, 5.74) is 0.935. The number of carbonyl (C=O) groups excluding carboxylic acids is 1. The molecule has 0 aliphatic carbocycles. The number of carbonyl (C=O) groups is 1. The van der Waals surface area contributed by atoms with Gasteiger partial charge in [-0.3, -0.25) is 4.79 Å². The van der Waals surface area contributed by atoms with Crippen molar-refractivity contribution in [3.8, 4) is 11.8 Å². The summed E-state index contributed by atoms with van der Waals surface area (Å²) < 4.78 is 29.2. The number of hydrogen-bond acceptors (Lipinski definition) is 6. The second-order valence-electron chi connectivity index (χ2n) is 5.90. The minimum Gasteiger partial charge on any atom is -0.497 e. The number of hydrogen-bond donors (Lipinski definition) is 0. The van der Waals surface area contributed by atoms with Crippen LogP contribution in [0, 0.1) is 11.3 Å². The van der Waals surface area contributed by atoms with Gasteiger partial charge in [0.15, 0.2) is 15.0 Å². The number of methoxy groups -OCH3 is 1. The van der Waals surface area contributed by atoms with Crippen molar-refractivity contribution in [1.29, 1.82) is 5.26 Å². The Morgan fingerprint density at radius 3 is 3.00 bits per heavy atom. The van der Waals surface area contributed by atoms with Crippen molar-refractivity contribution in [2.75, 3.05) is 18.6 Å². The molecular weight excluding hydrogens is 362 g/mol. The molecule has 1 aromatic carbocycles. The second-order valence-corrected chi connectivity index (χ2v) is 9.26. The third-order valence-corrected chi connectivity index (χ3v) is 7.36. The van der Waals surface area contributed by atoms with E-state index in [-0.39, 0.29) is 29.2 Å². The summed E-state index contributed by atoms with van der Waals surface area (Å²) in [6.45, 7) is 0.430. The highest BCUT2D eigenvalue weighted by atomic mass is 32.2. The second kappa shape index (κ2) is 7.06. The van der Waals surface area contributed by atoms with Crippen molar-refractivity contribution < 1.29 is 17.9 Å². The molecule has 25 heavy (non-hydrogen) atoms. The molecule has 0 N–H and O–H groups in total. The van der Waals surface area contributed by atoms with Gasteiger partial charge in [0.2, 0.25) is 0 Å². The van der Waals surface area contributed by atoms with Crippen molar-refractivity contribution >= 4 is 32.7 Å². The number of amides is 1. The third-order valence-electron chi connectivity index (χ3n) is 4.11. The maximum absolute atomic E-state index is 12.0. The van der Waals surface area contributed by atoms with E-state index >= 15 is 0 Å². The molecule has 2 aliphatic rings. The topological polar surface area (TPSA) is 99.8 Å². The Morgan fingerprint density at radius 2 is 2.28 bits per heavy atom. The maximum Gasteiger partial charge on any atom is 0.262 e. The van der Waals surface area contributed by atoms with Gasteiger partial charge in [-0.25, -0.2) is 8.42 Å². The van der Waals surface area contributed by atoms with Crippen molar-refractivity contribution in [3.63, 3.8) is 0 Å². The van der Waals surface area contributed by atoms with E-state index in [1.54, 1.807) is 13.2 Å². The zero-order chi connectivity index (χ0) is 18.0. The lowest BCUT2D eigenvalue weighted by Crippen LogP contribution is -2.37. The quantitative estimate of drug-likeness (QED) is 0.775. The highest BCUT2D eigenvalue weighted by Gasteiger charge is 2.48. The molecule has 0 unspecified atom stereocenters. The summed E-state index contributed by atoms with van der Waals surface area (Å²) in [5.74, 6) is 0.338. The summed E-state index contributed by atoms with van der Waals surface area (Å²) in [6, 6.07) is 9.05. The first kappa shape index (κ1) is 17.8. The number of nitrogens with zero attached hydrogens (tertiary/aromatic N) is 3. The van der Waals surface area contributed by atoms with Crippen molar-refractivity contribution in [1.82, 2.24) is 4.90 Å². The monoisotopic (exact) mass is 379 g/mol. The van der Waals surface area contributed by atoms with Gasteiger partial charge in [0.25, 0.3) is 5.91 Å². The Hall–Kier alpha value is -2.05. The molecule has 0 bridgehead atoms. The van der Waals surface area contributed by atoms with Crippen molar-refractivity contribution in [3.05, 3.63) is 29.8 Å². The molecule has 3 rings (SSSR count). The van der Waals surface area contributed by atoms with Crippen molar-refractivity contribution in [2.24, 2.45) is 4.99 Å². The van der Waals surface area contributed by atoms with Crippen LogP contribution in [0.25, 0.3) is 0 Å². The van der Waals surface area contributed by atoms with E-state index in [2.05, 4.69) is 4.99 Å². The van der Waals surface area contributed by atoms with Crippen LogP contribution in [0.1, 0.15) is 12.0 Å². The molecule has 0 spiro atoms. The molecule has 7 nitrogen and oxygen atoms in total. The first-order valence-corrected chi connectivity index (χ1v) is 10.4. The van der Waals surface area contributed by atoms with Gasteiger partial charge >= 0.3 is 0 Å². The van der Waals surface area contributed by atoms with Crippen LogP contribution in [0.2, 0.25) is 0 Å². The standard InChI is InChI=1S/C16H17N3O4S2/c1-23-12-4-2-3-11(7-12)8-19-13-9-25(21,22)10-14(13)24-16(19)18-15(20)5-6-17/h2-4,7,13-14H,5,8-10H2,1H3/t13-,14+/m1/s1. The lowest BCUT2D eigenvalue weighted by Gasteiger charge is -2.24. The zero-order valence-electron chi connectivity index (χ0n) is 13.6. The Balaban J connectivity index is 1.89. The SMILES string of the molecule is COc1cccc(CN2C(=NC(=O)CC#N)S[C@H]3CS(=O)(=O)C[C@H]32)c1. The molecule has 2 fully saturated rings. The van der Waals surface area contributed by atoms with Gasteiger partial charge in [0.05, 0.1) is 30.7 Å². The number of ether oxygens (including phenoxy) is 1. The van der Waals surface area contributed by atoms with E-state index in [0.29, 0.717) is 17.5 Å². The number of thioether (sulfide) groups is 1. The van der Waals surface area contributed by atoms with Gasteiger partial charge in [-0.1, -0.05) is 23.9 Å². The average molecular weight is 379 g/mol. The Morgan fingerprint density at radius 1 is 1.48 bits per heavy atom. The van der Waals surface area contributed by atoms with Gasteiger partial charge in [-0.15, -0.1) is 0 Å². The minimum absolute atomic E-state index is 0.0557. The Bertz CT molecular complexity index is 860. The minimum atomic E-state index is -3.09. The summed E-state index contributed by atoms with van der Waals surface area (Å²) in [7, 11) is -1.50. The van der Waals surface area contributed by atoms with Gasteiger partial charge in [-0.05, 0) is 17.7 Å². The molecule has 2 heterocycles. The van der Waals surface area contributed by atoms with Crippen LogP contribution in [0.15, 0.2) is 29.3 Å². The highest BCUT2D eigenvalue weighted by molar-refractivity contribution is 8.15. The van der Waals surface area contributed by atoms with E-state index in [4.69, 9.17) is 10.00 Å². The van der Waals surface area contributed by atoms with Gasteiger partial charge in [0.1, 0.15) is 12.2 Å². The highest BCUT2D eigenvalue weighted by Crippen LogP contribution is 2.39. The molecule has 0 radical (unpaired) electrons. The number of rotatable bonds is 4. The normalized spacial score (nSPS) is 25.6. The number of sulfone groups is 1. The number of aliphatic imine (C=N–C) groups is 1. The van der Waals surface area contributed by atoms with Crippen LogP contribution < -0.4 is 4.74 Å². The fourth-order valence-electron chi connectivity index (χ4n) is 3.00. The predicted octanol–water partition coefficient (Wildman–Crippen LogP) is 1.21. The number of benzene rings is 1. The van der Waals surface area contributed by atoms with Crippen LogP contribution >= 0.6 is 11.8 Å². The molecule has 2 atom stereocenters. The first-order valence-electron chi connectivity index (χ1n) is 7.67. The van der Waals surface area contributed by atoms with Gasteiger partial charge in [-0.2, -0.15) is 10.3 Å². The van der Waals surface area contributed by atoms with Crippen LogP contribution in [-0.4, -0.2) is 54.3 Å². The van der Waals surface area contributed by atoms with E-state index in [0.717, 1.165) is 5.56 Å². The molecule has 0 saturated carbocycles. The lowest BCUT2D eigenvalue weighted by atomic mass is 10.1. The summed E-state index contributed by atoms with van der Waals surface area (Å²) in [5, 5.41) is 9.00. The number of fused-ring (bicyclic) bond motifs is 1. The summed E-state index contributed by atoms with van der Waals surface area (Å²) >= 11 is 1.31. The van der Waals surface area contributed by atoms with E-state index < -0.39 is 15.7 Å². The van der Waals surface area contributed by atoms with Gasteiger partial charge in [0, 0.05) is 11.8 Å². The van der Waals surface area contributed by atoms with Crippen LogP contribution in [0.5, 0.6) is 5.75 Å². The smallest absolute Gasteiger partial charge is 0.262 e. The lowest BCUT2D eigenvalue weighted by molar-refractivity contribution is -0.116. The zero-order valence-corrected chi connectivity index (χ0v) is 15.2. The van der Waals surface area contributed by atoms with Crippen molar-refractivity contribution in [2.45, 2.75) is 24.3 Å². The van der Waals surface area contributed by atoms with E-state index in [1.807, 2.05) is 29.2 Å². The molecular formula is C16H17N3O4S2. The van der Waals surface area contributed by atoms with E-state index in [9.17, 15) is 13.2 Å². The van der Waals surface area contributed by atoms with Gasteiger partial charge < -0.3 is 9.64 Å². The van der Waals surface area contributed by atoms with Crippen LogP contribution in [-0.2, 0) is 21.2 Å². The fourth-order valence-corrected chi connectivity index (χ4v) is 6.97. The number of amidine groups is 1. The van der Waals surface area contributed by atoms with Crippen LogP contribution in [0.3, 0.4) is 0 Å². The molecule has 0 aromatic heterocycles. The van der Waals surface area contributed by atoms with E-state index in [1.165, 1.54) is 11.8 Å².